The van der Waals surface area contributed by atoms with E-state index in [9.17, 15) is 4.79 Å². The molecule has 2 aliphatic rings. The molecule has 0 unspecified atom stereocenters. The quantitative estimate of drug-likeness (QED) is 0.433. The van der Waals surface area contributed by atoms with Crippen molar-refractivity contribution in [2.75, 3.05) is 14.1 Å². The van der Waals surface area contributed by atoms with Gasteiger partial charge in [-0.3, -0.25) is 4.79 Å². The molecule has 2 aliphatic carbocycles. The van der Waals surface area contributed by atoms with Crippen molar-refractivity contribution in [2.45, 2.75) is 0 Å². The number of hydrogen-bond acceptors (Lipinski definition) is 3. The summed E-state index contributed by atoms with van der Waals surface area (Å²) in [4.78, 5) is 10.9. The van der Waals surface area contributed by atoms with Gasteiger partial charge in [-0.15, -0.1) is 0 Å². The number of rotatable bonds is 1. The van der Waals surface area contributed by atoms with E-state index >= 15 is 0 Å². The number of hydrogen-bond donors (Lipinski definition) is 0. The van der Waals surface area contributed by atoms with Gasteiger partial charge in [0.15, 0.2) is 0 Å². The van der Waals surface area contributed by atoms with Gasteiger partial charge < -0.3 is 17.5 Å². The number of nitrogens with zero attached hydrogens (tertiary/aromatic N) is 2. The molecular formula is C10H10ClN2OS-. The van der Waals surface area contributed by atoms with Crippen LogP contribution < -0.4 is 0 Å². The predicted octanol–water partition coefficient (Wildman–Crippen LogP) is 1.66. The average Bonchev–Trinajstić information content (AvgIpc) is 2.16. The molecule has 0 spiro atoms. The van der Waals surface area contributed by atoms with Gasteiger partial charge in [0.2, 0.25) is 6.41 Å². The third kappa shape index (κ3) is 4.63. The van der Waals surface area contributed by atoms with E-state index in [-0.39, 0.29) is 0 Å². The van der Waals surface area contributed by atoms with E-state index < -0.39 is 0 Å². The first-order valence-electron chi connectivity index (χ1n) is 3.99. The van der Waals surface area contributed by atoms with Crippen molar-refractivity contribution in [3.8, 4) is 5.40 Å². The number of carbonyl (C=O) groups excluding carboxylic acids is 1. The zero-order valence-electron chi connectivity index (χ0n) is 8.40. The van der Waals surface area contributed by atoms with Crippen LogP contribution in [0.3, 0.4) is 0 Å². The maximum Gasteiger partial charge on any atom is 0.209 e. The number of halogens is 1. The molecule has 0 bridgehead atoms. The van der Waals surface area contributed by atoms with Gasteiger partial charge in [0, 0.05) is 24.3 Å². The highest BCUT2D eigenvalue weighted by atomic mass is 35.5. The second-order valence-electron chi connectivity index (χ2n) is 2.85. The van der Waals surface area contributed by atoms with E-state index in [0.717, 1.165) is 11.4 Å². The second-order valence-corrected chi connectivity index (χ2v) is 3.44. The number of nitriles is 1. The lowest BCUT2D eigenvalue weighted by molar-refractivity contribution is -0.115. The molecule has 0 atom stereocenters. The number of benzene rings is 1. The van der Waals surface area contributed by atoms with Crippen LogP contribution in [0.25, 0.3) is 0 Å². The highest BCUT2D eigenvalue weighted by Gasteiger charge is 1.99. The summed E-state index contributed by atoms with van der Waals surface area (Å²) in [6.07, 6.45) is 0.750. The minimum atomic E-state index is 0.750. The van der Waals surface area contributed by atoms with Crippen molar-refractivity contribution in [2.24, 2.45) is 0 Å². The molecule has 0 saturated carbocycles. The Balaban J connectivity index is 0.000000219. The third-order valence-electron chi connectivity index (χ3n) is 1.49. The Kier molecular flexibility index (Phi) is 6.43. The molecule has 80 valence electrons. The molecule has 0 radical (unpaired) electrons. The first kappa shape index (κ1) is 13.7. The topological polar surface area (TPSA) is 44.1 Å². The van der Waals surface area contributed by atoms with E-state index in [1.165, 1.54) is 20.7 Å². The van der Waals surface area contributed by atoms with Crippen LogP contribution >= 0.6 is 11.6 Å². The van der Waals surface area contributed by atoms with Gasteiger partial charge in [0.05, 0.1) is 0 Å². The summed E-state index contributed by atoms with van der Waals surface area (Å²) < 4.78 is 0. The highest BCUT2D eigenvalue weighted by Crippen LogP contribution is 2.20. The molecule has 5 heteroatoms. The fraction of sp³-hybridized carbons (Fsp3) is 0.200. The van der Waals surface area contributed by atoms with E-state index in [2.05, 4.69) is 18.7 Å². The van der Waals surface area contributed by atoms with Crippen LogP contribution in [0.4, 0.5) is 0 Å². The molecule has 0 fully saturated rings. The van der Waals surface area contributed by atoms with Crippen LogP contribution in [0.2, 0.25) is 5.02 Å². The van der Waals surface area contributed by atoms with Crippen LogP contribution in [-0.4, -0.2) is 25.4 Å². The van der Waals surface area contributed by atoms with E-state index in [1.807, 2.05) is 12.1 Å². The minimum Gasteiger partial charge on any atom is -0.696 e. The van der Waals surface area contributed by atoms with Crippen LogP contribution in [-0.2, 0) is 17.4 Å². The first-order valence-corrected chi connectivity index (χ1v) is 4.78. The van der Waals surface area contributed by atoms with Crippen molar-refractivity contribution < 1.29 is 4.79 Å². The SMILES string of the molecule is CN(C)C=O.Clc1cc2ccc1=2.N#C[S-]. The van der Waals surface area contributed by atoms with Gasteiger partial charge in [0.25, 0.3) is 0 Å². The molecule has 3 nitrogen and oxygen atoms in total. The van der Waals surface area contributed by atoms with Gasteiger partial charge in [0.1, 0.15) is 0 Å². The summed E-state index contributed by atoms with van der Waals surface area (Å²) in [7, 11) is 3.38. The minimum absolute atomic E-state index is 0.750. The van der Waals surface area contributed by atoms with E-state index in [4.69, 9.17) is 16.9 Å². The van der Waals surface area contributed by atoms with Crippen molar-refractivity contribution in [1.29, 1.82) is 5.26 Å². The molecule has 0 aromatic carbocycles. The summed E-state index contributed by atoms with van der Waals surface area (Å²) in [5, 5.41) is 11.9. The van der Waals surface area contributed by atoms with Crippen molar-refractivity contribution in [3.05, 3.63) is 33.7 Å². The monoisotopic (exact) mass is 241 g/mol. The average molecular weight is 242 g/mol. The van der Waals surface area contributed by atoms with Gasteiger partial charge in [-0.25, -0.2) is 5.26 Å². The first-order chi connectivity index (χ1) is 7.06. The van der Waals surface area contributed by atoms with Crippen LogP contribution in [0, 0.1) is 21.1 Å². The largest absolute Gasteiger partial charge is 0.696 e. The normalized spacial score (nSPS) is 8.13. The molecule has 0 aliphatic heterocycles. The molecule has 2 rings (SSSR count). The number of thiocyanates is 1. The Hall–Kier alpha value is -1.31. The Morgan fingerprint density at radius 3 is 2.00 bits per heavy atom. The summed E-state index contributed by atoms with van der Waals surface area (Å²) in [6.45, 7) is 0. The lowest BCUT2D eigenvalue weighted by atomic mass is 10.1. The summed E-state index contributed by atoms with van der Waals surface area (Å²) >= 11 is 9.30. The van der Waals surface area contributed by atoms with E-state index in [0.29, 0.717) is 0 Å². The molecule has 0 heterocycles. The molecule has 0 aromatic heterocycles. The standard InChI is InChI=1S/C6H3Cl.C3H7NO.CHNS/c7-6-3-4-1-2-5(4)6;1-4(2)3-5;2-1-3/h1-3H;3H,1-2H3;3H/p-1. The Labute approximate surface area is 99.0 Å². The fourth-order valence-corrected chi connectivity index (χ4v) is 1.03. The van der Waals surface area contributed by atoms with Crippen molar-refractivity contribution in [3.63, 3.8) is 0 Å². The summed E-state index contributed by atoms with van der Waals surface area (Å²) in [6, 6.07) is 6.05. The molecule has 0 aromatic rings. The van der Waals surface area contributed by atoms with Gasteiger partial charge in [-0.1, -0.05) is 29.1 Å². The zero-order chi connectivity index (χ0) is 11.8. The Bertz CT molecular complexity index is 453. The van der Waals surface area contributed by atoms with Crippen molar-refractivity contribution >= 4 is 30.6 Å². The molecule has 0 N–H and O–H groups in total. The number of amides is 1. The maximum atomic E-state index is 9.43. The van der Waals surface area contributed by atoms with Gasteiger partial charge >= 0.3 is 0 Å². The van der Waals surface area contributed by atoms with Crippen LogP contribution in [0.1, 0.15) is 0 Å². The van der Waals surface area contributed by atoms with Gasteiger partial charge in [-0.05, 0) is 11.3 Å². The molecule has 1 amide bonds. The molecular weight excluding hydrogens is 232 g/mol. The lowest BCUT2D eigenvalue weighted by Crippen LogP contribution is -2.06. The maximum absolute atomic E-state index is 9.43. The Morgan fingerprint density at radius 2 is 2.00 bits per heavy atom. The lowest BCUT2D eigenvalue weighted by Gasteiger charge is -2.01. The highest BCUT2D eigenvalue weighted by molar-refractivity contribution is 7.64. The summed E-state index contributed by atoms with van der Waals surface area (Å²) in [5.74, 6) is 0. The summed E-state index contributed by atoms with van der Waals surface area (Å²) in [5.41, 5.74) is 0. The van der Waals surface area contributed by atoms with Crippen molar-refractivity contribution in [1.82, 2.24) is 4.90 Å². The predicted molar refractivity (Wildman–Crippen MR) is 61.9 cm³/mol. The zero-order valence-corrected chi connectivity index (χ0v) is 9.97. The smallest absolute Gasteiger partial charge is 0.209 e. The number of carbonyl (C=O) groups is 1. The van der Waals surface area contributed by atoms with Crippen LogP contribution in [0.5, 0.6) is 0 Å². The third-order valence-corrected chi connectivity index (χ3v) is 1.80. The molecule has 15 heavy (non-hydrogen) atoms. The molecule has 0 saturated heterocycles. The van der Waals surface area contributed by atoms with Crippen LogP contribution in [0.15, 0.2) is 18.2 Å². The fourth-order valence-electron chi connectivity index (χ4n) is 0.743. The van der Waals surface area contributed by atoms with E-state index in [1.54, 1.807) is 14.1 Å². The second kappa shape index (κ2) is 7.04. The van der Waals surface area contributed by atoms with Gasteiger partial charge in [-0.2, -0.15) is 0 Å². The Morgan fingerprint density at radius 1 is 1.53 bits per heavy atom.